The Hall–Kier alpha value is -1.79. The van der Waals surface area contributed by atoms with Crippen molar-refractivity contribution in [2.75, 3.05) is 26.3 Å². The number of ether oxygens (including phenoxy) is 1. The molecule has 1 aromatic heterocycles. The summed E-state index contributed by atoms with van der Waals surface area (Å²) in [7, 11) is 0. The minimum absolute atomic E-state index is 0.0712. The van der Waals surface area contributed by atoms with Gasteiger partial charge in [0.05, 0.1) is 18.9 Å². The second-order valence-corrected chi connectivity index (χ2v) is 9.07. The SMILES string of the molecule is O=C(c1nn(CC2CCCCC2)c2c1CSc1ccccc1-2)N1CCOCC1. The Balaban J connectivity index is 1.54. The van der Waals surface area contributed by atoms with Gasteiger partial charge >= 0.3 is 0 Å². The van der Waals surface area contributed by atoms with Gasteiger partial charge in [-0.15, -0.1) is 11.8 Å². The van der Waals surface area contributed by atoms with E-state index in [1.165, 1.54) is 48.3 Å². The number of benzene rings is 1. The maximum Gasteiger partial charge on any atom is 0.274 e. The molecule has 5 nitrogen and oxygen atoms in total. The Morgan fingerprint density at radius 2 is 1.93 bits per heavy atom. The largest absolute Gasteiger partial charge is 0.378 e. The fourth-order valence-corrected chi connectivity index (χ4v) is 5.78. The summed E-state index contributed by atoms with van der Waals surface area (Å²) in [6, 6.07) is 8.56. The van der Waals surface area contributed by atoms with E-state index in [9.17, 15) is 4.79 Å². The van der Waals surface area contributed by atoms with Crippen molar-refractivity contribution in [2.45, 2.75) is 49.3 Å². The van der Waals surface area contributed by atoms with Crippen molar-refractivity contribution in [2.24, 2.45) is 5.92 Å². The number of carbonyl (C=O) groups is 1. The molecule has 1 saturated carbocycles. The second-order valence-electron chi connectivity index (χ2n) is 8.05. The Bertz CT molecular complexity index is 867. The molecule has 3 aliphatic rings. The van der Waals surface area contributed by atoms with Gasteiger partial charge in [0.1, 0.15) is 0 Å². The average molecular weight is 398 g/mol. The van der Waals surface area contributed by atoms with Crippen LogP contribution in [0.2, 0.25) is 0 Å². The molecule has 5 rings (SSSR count). The summed E-state index contributed by atoms with van der Waals surface area (Å²) in [6.45, 7) is 3.49. The number of morpholine rings is 1. The molecule has 0 bridgehead atoms. The third-order valence-corrected chi connectivity index (χ3v) is 7.32. The number of thioether (sulfide) groups is 1. The molecule has 1 aromatic carbocycles. The highest BCUT2D eigenvalue weighted by Crippen LogP contribution is 2.43. The monoisotopic (exact) mass is 397 g/mol. The van der Waals surface area contributed by atoms with E-state index in [1.807, 2.05) is 16.7 Å². The van der Waals surface area contributed by atoms with Gasteiger partial charge < -0.3 is 9.64 Å². The van der Waals surface area contributed by atoms with Crippen molar-refractivity contribution in [1.29, 1.82) is 0 Å². The lowest BCUT2D eigenvalue weighted by atomic mass is 9.89. The lowest BCUT2D eigenvalue weighted by molar-refractivity contribution is 0.0297. The standard InChI is InChI=1S/C22H27N3O2S/c26-22(24-10-12-27-13-11-24)20-18-15-28-19-9-5-4-8-17(19)21(18)25(23-20)14-16-6-2-1-3-7-16/h4-5,8-9,16H,1-3,6-7,10-15H2. The van der Waals surface area contributed by atoms with E-state index < -0.39 is 0 Å². The highest BCUT2D eigenvalue weighted by atomic mass is 32.2. The van der Waals surface area contributed by atoms with Crippen molar-refractivity contribution >= 4 is 17.7 Å². The summed E-state index contributed by atoms with van der Waals surface area (Å²) in [5.74, 6) is 1.57. The molecule has 1 amide bonds. The topological polar surface area (TPSA) is 47.4 Å². The molecule has 0 spiro atoms. The fraction of sp³-hybridized carbons (Fsp3) is 0.545. The minimum Gasteiger partial charge on any atom is -0.378 e. The smallest absolute Gasteiger partial charge is 0.274 e. The number of hydrogen-bond donors (Lipinski definition) is 0. The summed E-state index contributed by atoms with van der Waals surface area (Å²) in [5, 5.41) is 4.93. The molecule has 3 heterocycles. The molecule has 1 aliphatic carbocycles. The molecule has 148 valence electrons. The normalized spacial score (nSPS) is 19.9. The van der Waals surface area contributed by atoms with Crippen LogP contribution in [0.1, 0.15) is 48.2 Å². The zero-order valence-corrected chi connectivity index (χ0v) is 17.0. The number of carbonyl (C=O) groups excluding carboxylic acids is 1. The Morgan fingerprint density at radius 1 is 1.14 bits per heavy atom. The predicted octanol–water partition coefficient (Wildman–Crippen LogP) is 4.21. The van der Waals surface area contributed by atoms with Gasteiger partial charge in [-0.25, -0.2) is 0 Å². The predicted molar refractivity (Wildman–Crippen MR) is 111 cm³/mol. The van der Waals surface area contributed by atoms with Gasteiger partial charge in [0, 0.05) is 41.4 Å². The van der Waals surface area contributed by atoms with Crippen LogP contribution in [0.3, 0.4) is 0 Å². The van der Waals surface area contributed by atoms with E-state index in [4.69, 9.17) is 9.84 Å². The third-order valence-electron chi connectivity index (χ3n) is 6.22. The molecular formula is C22H27N3O2S. The second kappa shape index (κ2) is 7.91. The maximum atomic E-state index is 13.3. The average Bonchev–Trinajstić information content (AvgIpc) is 3.13. The first-order chi connectivity index (χ1) is 13.8. The maximum absolute atomic E-state index is 13.3. The molecular weight excluding hydrogens is 370 g/mol. The van der Waals surface area contributed by atoms with Gasteiger partial charge in [0.25, 0.3) is 5.91 Å². The van der Waals surface area contributed by atoms with Gasteiger partial charge in [-0.3, -0.25) is 9.48 Å². The summed E-state index contributed by atoms with van der Waals surface area (Å²) in [4.78, 5) is 16.5. The van der Waals surface area contributed by atoms with E-state index in [2.05, 4.69) is 28.9 Å². The van der Waals surface area contributed by atoms with Crippen molar-refractivity contribution in [3.63, 3.8) is 0 Å². The van der Waals surface area contributed by atoms with E-state index in [0.29, 0.717) is 37.9 Å². The van der Waals surface area contributed by atoms with Crippen LogP contribution in [-0.4, -0.2) is 46.9 Å². The molecule has 2 fully saturated rings. The van der Waals surface area contributed by atoms with Crippen molar-refractivity contribution in [1.82, 2.24) is 14.7 Å². The van der Waals surface area contributed by atoms with Gasteiger partial charge in [-0.2, -0.15) is 5.10 Å². The van der Waals surface area contributed by atoms with Gasteiger partial charge in [-0.05, 0) is 24.8 Å². The molecule has 0 atom stereocenters. The van der Waals surface area contributed by atoms with E-state index in [-0.39, 0.29) is 5.91 Å². The number of aromatic nitrogens is 2. The molecule has 0 radical (unpaired) electrons. The molecule has 2 aromatic rings. The van der Waals surface area contributed by atoms with Crippen LogP contribution in [0.4, 0.5) is 0 Å². The Labute approximate surface area is 170 Å². The van der Waals surface area contributed by atoms with E-state index in [1.54, 1.807) is 0 Å². The molecule has 6 heteroatoms. The first-order valence-corrected chi connectivity index (χ1v) is 11.5. The van der Waals surface area contributed by atoms with Crippen LogP contribution in [0.5, 0.6) is 0 Å². The van der Waals surface area contributed by atoms with Crippen LogP contribution >= 0.6 is 11.8 Å². The molecule has 2 aliphatic heterocycles. The summed E-state index contributed by atoms with van der Waals surface area (Å²) >= 11 is 1.82. The highest BCUT2D eigenvalue weighted by Gasteiger charge is 2.32. The summed E-state index contributed by atoms with van der Waals surface area (Å²) in [5.41, 5.74) is 4.19. The summed E-state index contributed by atoms with van der Waals surface area (Å²) < 4.78 is 7.59. The van der Waals surface area contributed by atoms with Crippen LogP contribution in [-0.2, 0) is 17.0 Å². The van der Waals surface area contributed by atoms with Crippen molar-refractivity contribution < 1.29 is 9.53 Å². The number of rotatable bonds is 3. The number of fused-ring (bicyclic) bond motifs is 3. The first kappa shape index (κ1) is 18.3. The number of nitrogens with zero attached hydrogens (tertiary/aromatic N) is 3. The molecule has 28 heavy (non-hydrogen) atoms. The number of hydrogen-bond acceptors (Lipinski definition) is 4. The molecule has 1 saturated heterocycles. The van der Waals surface area contributed by atoms with Gasteiger partial charge in [0.15, 0.2) is 5.69 Å². The fourth-order valence-electron chi connectivity index (χ4n) is 4.71. The highest BCUT2D eigenvalue weighted by molar-refractivity contribution is 7.98. The first-order valence-electron chi connectivity index (χ1n) is 10.5. The van der Waals surface area contributed by atoms with Crippen LogP contribution in [0, 0.1) is 5.92 Å². The Kier molecular flexibility index (Phi) is 5.16. The minimum atomic E-state index is 0.0712. The summed E-state index contributed by atoms with van der Waals surface area (Å²) in [6.07, 6.45) is 6.55. The third kappa shape index (κ3) is 3.37. The molecule has 0 N–H and O–H groups in total. The quantitative estimate of drug-likeness (QED) is 0.778. The van der Waals surface area contributed by atoms with E-state index >= 15 is 0 Å². The molecule has 0 unspecified atom stereocenters. The van der Waals surface area contributed by atoms with E-state index in [0.717, 1.165) is 17.9 Å². The van der Waals surface area contributed by atoms with Crippen LogP contribution in [0.25, 0.3) is 11.3 Å². The number of amides is 1. The Morgan fingerprint density at radius 3 is 2.75 bits per heavy atom. The van der Waals surface area contributed by atoms with Gasteiger partial charge in [0.2, 0.25) is 0 Å². The lowest BCUT2D eigenvalue weighted by Crippen LogP contribution is -2.41. The van der Waals surface area contributed by atoms with Crippen LogP contribution in [0.15, 0.2) is 29.2 Å². The zero-order valence-electron chi connectivity index (χ0n) is 16.2. The van der Waals surface area contributed by atoms with Crippen molar-refractivity contribution in [3.8, 4) is 11.3 Å². The van der Waals surface area contributed by atoms with Crippen LogP contribution < -0.4 is 0 Å². The van der Waals surface area contributed by atoms with Crippen molar-refractivity contribution in [3.05, 3.63) is 35.5 Å². The zero-order chi connectivity index (χ0) is 18.9. The lowest BCUT2D eigenvalue weighted by Gasteiger charge is -2.26. The van der Waals surface area contributed by atoms with Gasteiger partial charge in [-0.1, -0.05) is 37.5 Å².